The second kappa shape index (κ2) is 4.79. The third kappa shape index (κ3) is 1.98. The zero-order chi connectivity index (χ0) is 13.3. The van der Waals surface area contributed by atoms with Crippen LogP contribution in [0.5, 0.6) is 0 Å². The zero-order valence-electron chi connectivity index (χ0n) is 9.92. The first kappa shape index (κ1) is 12.6. The molecule has 7 heteroatoms. The number of nitrogens with one attached hydrogen (secondary N) is 1. The number of fused-ring (bicyclic) bond motifs is 1. The molecule has 2 unspecified atom stereocenters. The molecule has 18 heavy (non-hydrogen) atoms. The van der Waals surface area contributed by atoms with E-state index in [0.29, 0.717) is 13.2 Å². The molecule has 0 aromatic rings. The Morgan fingerprint density at radius 3 is 2.94 bits per heavy atom. The summed E-state index contributed by atoms with van der Waals surface area (Å²) in [6, 6.07) is -0.341. The molecule has 2 aliphatic heterocycles. The maximum absolute atomic E-state index is 12.2. The van der Waals surface area contributed by atoms with E-state index in [1.165, 1.54) is 11.0 Å². The molecule has 0 spiro atoms. The lowest BCUT2D eigenvalue weighted by Gasteiger charge is -2.39. The summed E-state index contributed by atoms with van der Waals surface area (Å²) >= 11 is 0. The van der Waals surface area contributed by atoms with Gasteiger partial charge >= 0.3 is 0 Å². The van der Waals surface area contributed by atoms with Gasteiger partial charge in [-0.2, -0.15) is 0 Å². The number of allylic oxidation sites excluding steroid dienone is 1. The number of amides is 1. The highest BCUT2D eigenvalue weighted by Gasteiger charge is 2.35. The van der Waals surface area contributed by atoms with Crippen molar-refractivity contribution in [3.63, 3.8) is 0 Å². The molecule has 0 bridgehead atoms. The van der Waals surface area contributed by atoms with E-state index in [2.05, 4.69) is 5.43 Å². The molecule has 2 aliphatic rings. The van der Waals surface area contributed by atoms with E-state index in [4.69, 9.17) is 10.6 Å². The molecule has 4 N–H and O–H groups in total. The topological polar surface area (TPSA) is 105 Å². The summed E-state index contributed by atoms with van der Waals surface area (Å²) in [4.78, 5) is 25.3. The van der Waals surface area contributed by atoms with E-state index in [1.807, 2.05) is 6.92 Å². The van der Waals surface area contributed by atoms with E-state index in [9.17, 15) is 14.7 Å². The van der Waals surface area contributed by atoms with E-state index in [-0.39, 0.29) is 17.8 Å². The lowest BCUT2D eigenvalue weighted by atomic mass is 10.0. The normalized spacial score (nSPS) is 34.7. The predicted octanol–water partition coefficient (Wildman–Crippen LogP) is -1.03. The van der Waals surface area contributed by atoms with Crippen LogP contribution in [0.2, 0.25) is 0 Å². The molecule has 0 aromatic carbocycles. The molecule has 1 saturated heterocycles. The Bertz CT molecular complexity index is 444. The smallest absolute Gasteiger partial charge is 0.275 e. The van der Waals surface area contributed by atoms with Crippen molar-refractivity contribution in [1.29, 1.82) is 0 Å². The van der Waals surface area contributed by atoms with Gasteiger partial charge in [-0.3, -0.25) is 15.4 Å². The SMILES string of the molecule is CC1OCCN2C(=O)/C(NN)=C(\O)C(=O)/C=C\C12. The van der Waals surface area contributed by atoms with Crippen LogP contribution in [0.15, 0.2) is 23.6 Å². The molecule has 0 aromatic heterocycles. The first-order valence-electron chi connectivity index (χ1n) is 5.61. The first-order valence-corrected chi connectivity index (χ1v) is 5.61. The minimum Gasteiger partial charge on any atom is -0.503 e. The second-order valence-corrected chi connectivity index (χ2v) is 4.16. The van der Waals surface area contributed by atoms with Crippen molar-refractivity contribution < 1.29 is 19.4 Å². The molecule has 2 atom stereocenters. The van der Waals surface area contributed by atoms with Gasteiger partial charge in [-0.15, -0.1) is 0 Å². The first-order chi connectivity index (χ1) is 8.56. The van der Waals surface area contributed by atoms with E-state index >= 15 is 0 Å². The molecule has 0 radical (unpaired) electrons. The van der Waals surface area contributed by atoms with Crippen LogP contribution in [0, 0.1) is 0 Å². The number of ketones is 1. The number of aliphatic hydroxyl groups is 1. The predicted molar refractivity (Wildman–Crippen MR) is 62.0 cm³/mol. The van der Waals surface area contributed by atoms with Gasteiger partial charge in [0.15, 0.2) is 11.5 Å². The lowest BCUT2D eigenvalue weighted by Crippen LogP contribution is -2.54. The van der Waals surface area contributed by atoms with Crippen molar-refractivity contribution in [2.75, 3.05) is 13.2 Å². The van der Waals surface area contributed by atoms with Gasteiger partial charge in [-0.05, 0) is 13.0 Å². The van der Waals surface area contributed by atoms with Crippen molar-refractivity contribution in [2.24, 2.45) is 5.84 Å². The van der Waals surface area contributed by atoms with Crippen LogP contribution in [0.25, 0.3) is 0 Å². The minimum atomic E-state index is -0.670. The maximum Gasteiger partial charge on any atom is 0.275 e. The molecule has 0 saturated carbocycles. The average molecular weight is 253 g/mol. The molecule has 98 valence electrons. The van der Waals surface area contributed by atoms with Crippen molar-refractivity contribution >= 4 is 11.7 Å². The van der Waals surface area contributed by atoms with Crippen molar-refractivity contribution in [3.8, 4) is 0 Å². The highest BCUT2D eigenvalue weighted by molar-refractivity contribution is 6.09. The summed E-state index contributed by atoms with van der Waals surface area (Å²) < 4.78 is 5.44. The van der Waals surface area contributed by atoms with Gasteiger partial charge in [-0.25, -0.2) is 0 Å². The monoisotopic (exact) mass is 253 g/mol. The molecule has 0 aliphatic carbocycles. The summed E-state index contributed by atoms with van der Waals surface area (Å²) in [5.41, 5.74) is 1.80. The Labute approximate surface area is 104 Å². The lowest BCUT2D eigenvalue weighted by molar-refractivity contribution is -0.139. The summed E-state index contributed by atoms with van der Waals surface area (Å²) in [6.45, 7) is 2.61. The van der Waals surface area contributed by atoms with Gasteiger partial charge in [-0.1, -0.05) is 6.08 Å². The van der Waals surface area contributed by atoms with Crippen molar-refractivity contribution in [1.82, 2.24) is 10.3 Å². The van der Waals surface area contributed by atoms with Crippen LogP contribution >= 0.6 is 0 Å². The quantitative estimate of drug-likeness (QED) is 0.408. The van der Waals surface area contributed by atoms with Gasteiger partial charge in [0.1, 0.15) is 0 Å². The van der Waals surface area contributed by atoms with Crippen molar-refractivity contribution in [3.05, 3.63) is 23.6 Å². The van der Waals surface area contributed by atoms with E-state index < -0.39 is 17.4 Å². The highest BCUT2D eigenvalue weighted by atomic mass is 16.5. The summed E-state index contributed by atoms with van der Waals surface area (Å²) in [6.07, 6.45) is 2.57. The zero-order valence-corrected chi connectivity index (χ0v) is 9.92. The van der Waals surface area contributed by atoms with Gasteiger partial charge in [0.05, 0.1) is 18.8 Å². The Kier molecular flexibility index (Phi) is 3.35. The number of nitrogens with zero attached hydrogens (tertiary/aromatic N) is 1. The molecule has 1 amide bonds. The number of carbonyl (C=O) groups excluding carboxylic acids is 2. The summed E-state index contributed by atoms with van der Waals surface area (Å²) in [7, 11) is 0. The molecule has 2 rings (SSSR count). The largest absolute Gasteiger partial charge is 0.503 e. The number of morpholine rings is 1. The number of hydrogen-bond donors (Lipinski definition) is 3. The van der Waals surface area contributed by atoms with Gasteiger partial charge in [0, 0.05) is 6.54 Å². The van der Waals surface area contributed by atoms with Crippen LogP contribution in [0.3, 0.4) is 0 Å². The van der Waals surface area contributed by atoms with Crippen LogP contribution in [-0.4, -0.2) is 47.0 Å². The fourth-order valence-electron chi connectivity index (χ4n) is 2.10. The van der Waals surface area contributed by atoms with Crippen molar-refractivity contribution in [2.45, 2.75) is 19.1 Å². The number of carbonyl (C=O) groups is 2. The molecule has 1 fully saturated rings. The number of nitrogens with two attached hydrogens (primary N) is 1. The summed E-state index contributed by atoms with van der Waals surface area (Å²) in [5, 5.41) is 9.63. The number of hydrogen-bond acceptors (Lipinski definition) is 6. The third-order valence-electron chi connectivity index (χ3n) is 3.09. The Balaban J connectivity index is 2.44. The number of rotatable bonds is 1. The maximum atomic E-state index is 12.2. The van der Waals surface area contributed by atoms with Crippen LogP contribution in [0.4, 0.5) is 0 Å². The Morgan fingerprint density at radius 2 is 2.28 bits per heavy atom. The fraction of sp³-hybridized carbons (Fsp3) is 0.455. The molecular formula is C11H15N3O4. The number of aliphatic hydroxyl groups excluding tert-OH is 1. The second-order valence-electron chi connectivity index (χ2n) is 4.16. The van der Waals surface area contributed by atoms with Crippen LogP contribution in [0.1, 0.15) is 6.92 Å². The molecule has 2 heterocycles. The highest BCUT2D eigenvalue weighted by Crippen LogP contribution is 2.20. The molecular weight excluding hydrogens is 238 g/mol. The average Bonchev–Trinajstić information content (AvgIpc) is 2.36. The van der Waals surface area contributed by atoms with Crippen LogP contribution in [-0.2, 0) is 14.3 Å². The Hall–Kier alpha value is -1.86. The standard InChI is InChI=1S/C11H15N3O4/c1-6-7-2-3-8(15)10(16)9(13-12)11(17)14(7)4-5-18-6/h2-3,6-7,13,16H,4-5,12H2,1H3/b3-2-,10-9+. The van der Waals surface area contributed by atoms with Crippen LogP contribution < -0.4 is 11.3 Å². The molecule has 7 nitrogen and oxygen atoms in total. The van der Waals surface area contributed by atoms with Gasteiger partial charge in [0.2, 0.25) is 5.78 Å². The number of hydrazine groups is 1. The fourth-order valence-corrected chi connectivity index (χ4v) is 2.10. The van der Waals surface area contributed by atoms with E-state index in [0.717, 1.165) is 0 Å². The summed E-state index contributed by atoms with van der Waals surface area (Å²) in [5.74, 6) is 3.37. The van der Waals surface area contributed by atoms with Gasteiger partial charge in [0.25, 0.3) is 5.91 Å². The third-order valence-corrected chi connectivity index (χ3v) is 3.09. The van der Waals surface area contributed by atoms with E-state index in [1.54, 1.807) is 6.08 Å². The minimum absolute atomic E-state index is 0.217. The number of ether oxygens (including phenoxy) is 1. The van der Waals surface area contributed by atoms with Gasteiger partial charge < -0.3 is 20.2 Å². The Morgan fingerprint density at radius 1 is 1.56 bits per heavy atom.